The van der Waals surface area contributed by atoms with Gasteiger partial charge in [0.25, 0.3) is 0 Å². The molecule has 0 fully saturated rings. The van der Waals surface area contributed by atoms with E-state index in [-0.39, 0.29) is 33.2 Å². The molecular weight excluding hydrogens is 416 g/mol. The standard InChI is InChI=1S/C32H50O2/c1-13-15-31(9,10)21-17-23(27(33)25(19-21)29(3,4)5)24-18-22(32(11,12)16-14-2)20-26(28(24)34)30(6,7)8/h17-20,33-34H,13-16H2,1-12H3. The normalized spacial score (nSPS) is 13.4. The van der Waals surface area contributed by atoms with Gasteiger partial charge >= 0.3 is 0 Å². The van der Waals surface area contributed by atoms with Crippen molar-refractivity contribution < 1.29 is 10.2 Å². The lowest BCUT2D eigenvalue weighted by atomic mass is 9.73. The Bertz CT molecular complexity index is 927. The zero-order valence-corrected chi connectivity index (χ0v) is 24.0. The third-order valence-corrected chi connectivity index (χ3v) is 7.44. The first-order chi connectivity index (χ1) is 15.4. The second-order valence-electron chi connectivity index (χ2n) is 13.6. The molecule has 0 radical (unpaired) electrons. The van der Waals surface area contributed by atoms with Gasteiger partial charge in [-0.05, 0) is 57.8 Å². The monoisotopic (exact) mass is 466 g/mol. The number of phenols is 2. The first-order valence-electron chi connectivity index (χ1n) is 13.1. The van der Waals surface area contributed by atoms with Gasteiger partial charge < -0.3 is 10.2 Å². The summed E-state index contributed by atoms with van der Waals surface area (Å²) in [5.74, 6) is 0.563. The lowest BCUT2D eigenvalue weighted by Crippen LogP contribution is -2.21. The zero-order valence-electron chi connectivity index (χ0n) is 24.0. The van der Waals surface area contributed by atoms with Gasteiger partial charge in [-0.3, -0.25) is 0 Å². The van der Waals surface area contributed by atoms with Gasteiger partial charge in [0.2, 0.25) is 0 Å². The molecule has 0 spiro atoms. The first-order valence-corrected chi connectivity index (χ1v) is 13.1. The molecule has 0 amide bonds. The molecule has 2 nitrogen and oxygen atoms in total. The number of phenolic OH excluding ortho intramolecular Hbond substituents is 2. The van der Waals surface area contributed by atoms with Crippen LogP contribution in [0.5, 0.6) is 11.5 Å². The summed E-state index contributed by atoms with van der Waals surface area (Å²) in [7, 11) is 0. The minimum atomic E-state index is -0.224. The molecule has 0 aliphatic heterocycles. The first kappa shape index (κ1) is 28.3. The van der Waals surface area contributed by atoms with Crippen LogP contribution in [0, 0.1) is 0 Å². The molecule has 0 aliphatic rings. The average Bonchev–Trinajstić information content (AvgIpc) is 2.66. The molecule has 0 aliphatic carbocycles. The maximum absolute atomic E-state index is 11.6. The van der Waals surface area contributed by atoms with Gasteiger partial charge in [0.15, 0.2) is 0 Å². The molecule has 2 rings (SSSR count). The van der Waals surface area contributed by atoms with Crippen molar-refractivity contribution in [2.45, 2.75) is 130 Å². The maximum Gasteiger partial charge on any atom is 0.127 e. The maximum atomic E-state index is 11.6. The van der Waals surface area contributed by atoms with Crippen LogP contribution in [0.3, 0.4) is 0 Å². The van der Waals surface area contributed by atoms with Crippen LogP contribution in [-0.4, -0.2) is 10.2 Å². The van der Waals surface area contributed by atoms with E-state index in [1.165, 1.54) is 11.1 Å². The molecule has 2 aromatic rings. The molecule has 2 aromatic carbocycles. The Morgan fingerprint density at radius 3 is 1.06 bits per heavy atom. The molecule has 34 heavy (non-hydrogen) atoms. The number of hydrogen-bond acceptors (Lipinski definition) is 2. The van der Waals surface area contributed by atoms with E-state index in [0.29, 0.717) is 0 Å². The second-order valence-corrected chi connectivity index (χ2v) is 13.6. The van der Waals surface area contributed by atoms with E-state index < -0.39 is 0 Å². The zero-order chi connectivity index (χ0) is 26.3. The largest absolute Gasteiger partial charge is 0.507 e. The van der Waals surface area contributed by atoms with Crippen LogP contribution < -0.4 is 0 Å². The van der Waals surface area contributed by atoms with Gasteiger partial charge in [-0.1, -0.05) is 108 Å². The van der Waals surface area contributed by atoms with Crippen molar-refractivity contribution in [2.24, 2.45) is 0 Å². The highest BCUT2D eigenvalue weighted by Crippen LogP contribution is 2.49. The Morgan fingerprint density at radius 1 is 0.529 bits per heavy atom. The smallest absolute Gasteiger partial charge is 0.127 e. The van der Waals surface area contributed by atoms with Gasteiger partial charge in [0.05, 0.1) is 0 Å². The van der Waals surface area contributed by atoms with Crippen LogP contribution >= 0.6 is 0 Å². The molecule has 0 bridgehead atoms. The lowest BCUT2D eigenvalue weighted by Gasteiger charge is -2.32. The van der Waals surface area contributed by atoms with Crippen molar-refractivity contribution in [3.05, 3.63) is 46.5 Å². The summed E-state index contributed by atoms with van der Waals surface area (Å²) < 4.78 is 0. The van der Waals surface area contributed by atoms with Crippen molar-refractivity contribution in [3.63, 3.8) is 0 Å². The van der Waals surface area contributed by atoms with Crippen molar-refractivity contribution in [1.82, 2.24) is 0 Å². The molecule has 0 atom stereocenters. The molecular formula is C32H50O2. The number of aromatic hydroxyl groups is 2. The fraction of sp³-hybridized carbons (Fsp3) is 0.625. The van der Waals surface area contributed by atoms with E-state index >= 15 is 0 Å². The van der Waals surface area contributed by atoms with E-state index in [2.05, 4.69) is 107 Å². The number of benzene rings is 2. The van der Waals surface area contributed by atoms with Gasteiger partial charge in [-0.15, -0.1) is 0 Å². The second kappa shape index (κ2) is 9.59. The molecule has 0 saturated heterocycles. The van der Waals surface area contributed by atoms with Gasteiger partial charge in [-0.2, -0.15) is 0 Å². The van der Waals surface area contributed by atoms with Gasteiger partial charge in [0.1, 0.15) is 11.5 Å². The third kappa shape index (κ3) is 5.81. The Kier molecular flexibility index (Phi) is 7.98. The predicted octanol–water partition coefficient (Wildman–Crippen LogP) is 9.52. The fourth-order valence-corrected chi connectivity index (χ4v) is 5.14. The quantitative estimate of drug-likeness (QED) is 0.426. The highest BCUT2D eigenvalue weighted by atomic mass is 16.3. The third-order valence-electron chi connectivity index (χ3n) is 7.44. The van der Waals surface area contributed by atoms with Crippen LogP contribution in [0.25, 0.3) is 11.1 Å². The van der Waals surface area contributed by atoms with E-state index in [0.717, 1.165) is 47.9 Å². The molecule has 0 unspecified atom stereocenters. The van der Waals surface area contributed by atoms with Crippen LogP contribution in [0.1, 0.15) is 131 Å². The summed E-state index contributed by atoms with van der Waals surface area (Å²) in [4.78, 5) is 0. The topological polar surface area (TPSA) is 40.5 Å². The molecule has 190 valence electrons. The van der Waals surface area contributed by atoms with Crippen LogP contribution in [0.2, 0.25) is 0 Å². The molecule has 2 heteroatoms. The van der Waals surface area contributed by atoms with Crippen molar-refractivity contribution >= 4 is 0 Å². The predicted molar refractivity (Wildman–Crippen MR) is 148 cm³/mol. The van der Waals surface area contributed by atoms with E-state index in [9.17, 15) is 10.2 Å². The summed E-state index contributed by atoms with van der Waals surface area (Å²) in [6.07, 6.45) is 4.30. The van der Waals surface area contributed by atoms with E-state index in [1.54, 1.807) is 0 Å². The Hall–Kier alpha value is -1.96. The molecule has 0 aromatic heterocycles. The minimum Gasteiger partial charge on any atom is -0.507 e. The number of hydrogen-bond donors (Lipinski definition) is 2. The highest BCUT2D eigenvalue weighted by Gasteiger charge is 2.31. The Morgan fingerprint density at radius 2 is 0.824 bits per heavy atom. The van der Waals surface area contributed by atoms with E-state index in [4.69, 9.17) is 0 Å². The number of rotatable bonds is 7. The minimum absolute atomic E-state index is 0.0290. The van der Waals surface area contributed by atoms with E-state index in [1.807, 2.05) is 0 Å². The van der Waals surface area contributed by atoms with Crippen molar-refractivity contribution in [2.75, 3.05) is 0 Å². The molecule has 0 saturated carbocycles. The van der Waals surface area contributed by atoms with Gasteiger partial charge in [-0.25, -0.2) is 0 Å². The van der Waals surface area contributed by atoms with Crippen molar-refractivity contribution in [3.8, 4) is 22.6 Å². The lowest BCUT2D eigenvalue weighted by molar-refractivity contribution is 0.433. The van der Waals surface area contributed by atoms with Crippen LogP contribution in [0.4, 0.5) is 0 Å². The summed E-state index contributed by atoms with van der Waals surface area (Å²) >= 11 is 0. The van der Waals surface area contributed by atoms with Gasteiger partial charge in [0, 0.05) is 22.3 Å². The molecule has 2 N–H and O–H groups in total. The van der Waals surface area contributed by atoms with Crippen LogP contribution in [-0.2, 0) is 21.7 Å². The Balaban J connectivity index is 3.02. The Labute approximate surface area is 209 Å². The average molecular weight is 467 g/mol. The SMILES string of the molecule is CCCC(C)(C)c1cc(-c2cc(C(C)(C)CCC)cc(C(C)(C)C)c2O)c(O)c(C(C)(C)C)c1. The highest BCUT2D eigenvalue weighted by molar-refractivity contribution is 5.80. The fourth-order valence-electron chi connectivity index (χ4n) is 5.14. The summed E-state index contributed by atoms with van der Waals surface area (Å²) in [6.45, 7) is 26.4. The van der Waals surface area contributed by atoms with Crippen LogP contribution in [0.15, 0.2) is 24.3 Å². The summed E-state index contributed by atoms with van der Waals surface area (Å²) in [6, 6.07) is 8.61. The van der Waals surface area contributed by atoms with Crippen molar-refractivity contribution in [1.29, 1.82) is 0 Å². The summed E-state index contributed by atoms with van der Waals surface area (Å²) in [5, 5.41) is 23.2. The molecule has 0 heterocycles. The summed E-state index contributed by atoms with van der Waals surface area (Å²) in [5.41, 5.74) is 5.25.